The van der Waals surface area contributed by atoms with E-state index in [4.69, 9.17) is 14.5 Å². The van der Waals surface area contributed by atoms with Gasteiger partial charge in [0.2, 0.25) is 0 Å². The van der Waals surface area contributed by atoms with Crippen LogP contribution in [0.4, 0.5) is 0 Å². The van der Waals surface area contributed by atoms with E-state index in [0.29, 0.717) is 32.1 Å². The second-order valence-corrected chi connectivity index (χ2v) is 9.72. The van der Waals surface area contributed by atoms with Gasteiger partial charge >= 0.3 is 0 Å². The molecule has 0 radical (unpaired) electrons. The fourth-order valence-electron chi connectivity index (χ4n) is 4.40. The summed E-state index contributed by atoms with van der Waals surface area (Å²) < 4.78 is 10.9. The second kappa shape index (κ2) is 11.9. The molecule has 0 aliphatic heterocycles. The van der Waals surface area contributed by atoms with E-state index in [2.05, 4.69) is 9.88 Å². The Morgan fingerprint density at radius 2 is 2.06 bits per heavy atom. The summed E-state index contributed by atoms with van der Waals surface area (Å²) in [6, 6.07) is 9.92. The van der Waals surface area contributed by atoms with E-state index in [-0.39, 0.29) is 12.2 Å². The molecule has 2 aromatic heterocycles. The zero-order valence-electron chi connectivity index (χ0n) is 19.2. The Morgan fingerprint density at radius 1 is 1.24 bits per heavy atom. The van der Waals surface area contributed by atoms with Gasteiger partial charge in [-0.15, -0.1) is 11.3 Å². The summed E-state index contributed by atoms with van der Waals surface area (Å²) in [6.45, 7) is 2.98. The number of aryl methyl sites for hydroxylation is 2. The summed E-state index contributed by atoms with van der Waals surface area (Å²) in [4.78, 5) is 24.9. The molecule has 0 spiro atoms. The number of aromatic nitrogens is 2. The number of hydrogen-bond donors (Lipinski definition) is 2. The third-order valence-electron chi connectivity index (χ3n) is 5.96. The molecule has 1 atom stereocenters. The molecule has 0 unspecified atom stereocenters. The van der Waals surface area contributed by atoms with Gasteiger partial charge in [0.1, 0.15) is 10.7 Å². The molecule has 0 saturated carbocycles. The first-order valence-electron chi connectivity index (χ1n) is 11.7. The molecule has 0 amide bonds. The summed E-state index contributed by atoms with van der Waals surface area (Å²) in [6.07, 6.45) is 4.52. The van der Waals surface area contributed by atoms with E-state index in [9.17, 15) is 9.90 Å². The molecule has 8 heteroatoms. The molecule has 0 bridgehead atoms. The number of nitrogens with one attached hydrogen (secondary N) is 1. The lowest BCUT2D eigenvalue weighted by molar-refractivity contribution is 0.00700. The van der Waals surface area contributed by atoms with Crippen molar-refractivity contribution >= 4 is 21.6 Å². The zero-order chi connectivity index (χ0) is 23.0. The molecule has 1 aromatic carbocycles. The Balaban J connectivity index is 1.40. The Labute approximate surface area is 198 Å². The van der Waals surface area contributed by atoms with Crippen molar-refractivity contribution in [2.45, 2.75) is 51.4 Å². The Morgan fingerprint density at radius 3 is 2.88 bits per heavy atom. The van der Waals surface area contributed by atoms with Crippen LogP contribution < -0.4 is 5.56 Å². The molecule has 0 fully saturated rings. The zero-order valence-corrected chi connectivity index (χ0v) is 20.0. The maximum atomic E-state index is 12.9. The first-order valence-corrected chi connectivity index (χ1v) is 12.5. The van der Waals surface area contributed by atoms with E-state index < -0.39 is 6.10 Å². The van der Waals surface area contributed by atoms with Gasteiger partial charge in [0.05, 0.1) is 31.2 Å². The number of ether oxygens (including phenoxy) is 2. The molecule has 1 aliphatic carbocycles. The topological polar surface area (TPSA) is 87.7 Å². The van der Waals surface area contributed by atoms with Gasteiger partial charge in [-0.25, -0.2) is 4.98 Å². The van der Waals surface area contributed by atoms with E-state index in [1.165, 1.54) is 16.9 Å². The molecule has 0 saturated heterocycles. The number of benzene rings is 1. The van der Waals surface area contributed by atoms with Gasteiger partial charge in [0.25, 0.3) is 5.56 Å². The molecule has 2 N–H and O–H groups in total. The van der Waals surface area contributed by atoms with E-state index in [1.54, 1.807) is 18.4 Å². The van der Waals surface area contributed by atoms with Crippen molar-refractivity contribution in [2.24, 2.45) is 0 Å². The monoisotopic (exact) mass is 471 g/mol. The normalized spacial score (nSPS) is 14.6. The van der Waals surface area contributed by atoms with Crippen molar-refractivity contribution in [3.05, 3.63) is 62.5 Å². The van der Waals surface area contributed by atoms with E-state index in [1.807, 2.05) is 30.3 Å². The SMILES string of the molecule is COCCCN(Cc1nc2sc3c(c2c(=O)[nH]1)CCCC3)C[C@@H](O)COCc1ccccc1. The predicted molar refractivity (Wildman–Crippen MR) is 131 cm³/mol. The van der Waals surface area contributed by atoms with Crippen LogP contribution >= 0.6 is 11.3 Å². The highest BCUT2D eigenvalue weighted by atomic mass is 32.1. The maximum absolute atomic E-state index is 12.9. The lowest BCUT2D eigenvalue weighted by Crippen LogP contribution is -2.36. The van der Waals surface area contributed by atoms with Crippen LogP contribution in [0.3, 0.4) is 0 Å². The fourth-order valence-corrected chi connectivity index (χ4v) is 5.68. The lowest BCUT2D eigenvalue weighted by Gasteiger charge is -2.24. The molecule has 178 valence electrons. The van der Waals surface area contributed by atoms with Gasteiger partial charge in [0, 0.05) is 31.7 Å². The molecule has 3 aromatic rings. The van der Waals surface area contributed by atoms with Crippen molar-refractivity contribution in [1.29, 1.82) is 0 Å². The van der Waals surface area contributed by atoms with Crippen LogP contribution in [0.5, 0.6) is 0 Å². The number of aliphatic hydroxyl groups is 1. The molecular weight excluding hydrogens is 438 g/mol. The minimum absolute atomic E-state index is 0.0435. The molecule has 4 rings (SSSR count). The lowest BCUT2D eigenvalue weighted by atomic mass is 9.97. The van der Waals surface area contributed by atoms with Gasteiger partial charge in [0.15, 0.2) is 0 Å². The number of thiophene rings is 1. The highest BCUT2D eigenvalue weighted by Gasteiger charge is 2.21. The average molecular weight is 472 g/mol. The van der Waals surface area contributed by atoms with E-state index >= 15 is 0 Å². The van der Waals surface area contributed by atoms with Crippen LogP contribution in [0.15, 0.2) is 35.1 Å². The number of hydrogen-bond acceptors (Lipinski definition) is 7. The van der Waals surface area contributed by atoms with Crippen molar-refractivity contribution in [2.75, 3.05) is 33.4 Å². The van der Waals surface area contributed by atoms with Gasteiger partial charge in [-0.2, -0.15) is 0 Å². The standard InChI is InChI=1S/C25H33N3O4S/c1-31-13-7-12-28(14-19(29)17-32-16-18-8-3-2-4-9-18)15-22-26-24(30)23-20-10-5-6-11-21(20)33-25(23)27-22/h2-4,8-9,19,29H,5-7,10-17H2,1H3,(H,26,27,30)/t19-/m1/s1. The average Bonchev–Trinajstić information content (AvgIpc) is 3.19. The number of rotatable bonds is 12. The first-order chi connectivity index (χ1) is 16.1. The number of methoxy groups -OCH3 is 1. The van der Waals surface area contributed by atoms with Crippen LogP contribution in [0.25, 0.3) is 10.2 Å². The molecule has 1 aliphatic rings. The highest BCUT2D eigenvalue weighted by molar-refractivity contribution is 7.18. The molecular formula is C25H33N3O4S. The van der Waals surface area contributed by atoms with Crippen LogP contribution in [0.1, 0.15) is 41.1 Å². The Kier molecular flexibility index (Phi) is 8.63. The van der Waals surface area contributed by atoms with Gasteiger partial charge in [-0.1, -0.05) is 30.3 Å². The number of fused-ring (bicyclic) bond motifs is 3. The van der Waals surface area contributed by atoms with Gasteiger partial charge in [-0.3, -0.25) is 9.69 Å². The summed E-state index contributed by atoms with van der Waals surface area (Å²) in [7, 11) is 1.68. The largest absolute Gasteiger partial charge is 0.389 e. The maximum Gasteiger partial charge on any atom is 0.259 e. The molecule has 7 nitrogen and oxygen atoms in total. The van der Waals surface area contributed by atoms with Crippen molar-refractivity contribution < 1.29 is 14.6 Å². The van der Waals surface area contributed by atoms with Crippen molar-refractivity contribution in [3.63, 3.8) is 0 Å². The van der Waals surface area contributed by atoms with Crippen LogP contribution in [-0.2, 0) is 35.5 Å². The number of aromatic amines is 1. The summed E-state index contributed by atoms with van der Waals surface area (Å²) in [5.41, 5.74) is 2.23. The molecule has 33 heavy (non-hydrogen) atoms. The van der Waals surface area contributed by atoms with E-state index in [0.717, 1.165) is 48.0 Å². The number of aliphatic hydroxyl groups excluding tert-OH is 1. The smallest absolute Gasteiger partial charge is 0.259 e. The first kappa shape index (κ1) is 24.0. The van der Waals surface area contributed by atoms with Crippen molar-refractivity contribution in [1.82, 2.24) is 14.9 Å². The third-order valence-corrected chi connectivity index (χ3v) is 7.15. The van der Waals surface area contributed by atoms with Crippen molar-refractivity contribution in [3.8, 4) is 0 Å². The highest BCUT2D eigenvalue weighted by Crippen LogP contribution is 2.33. The number of H-pyrrole nitrogens is 1. The molecule has 2 heterocycles. The summed E-state index contributed by atoms with van der Waals surface area (Å²) in [5, 5.41) is 11.4. The summed E-state index contributed by atoms with van der Waals surface area (Å²) >= 11 is 1.66. The minimum Gasteiger partial charge on any atom is -0.389 e. The summed E-state index contributed by atoms with van der Waals surface area (Å²) in [5.74, 6) is 0.640. The van der Waals surface area contributed by atoms with Crippen LogP contribution in [0, 0.1) is 0 Å². The predicted octanol–water partition coefficient (Wildman–Crippen LogP) is 3.28. The Hall–Kier alpha value is -2.10. The van der Waals surface area contributed by atoms with Crippen LogP contribution in [0.2, 0.25) is 0 Å². The Bertz CT molecular complexity index is 1080. The van der Waals surface area contributed by atoms with Gasteiger partial charge < -0.3 is 19.6 Å². The minimum atomic E-state index is -0.638. The second-order valence-electron chi connectivity index (χ2n) is 8.64. The quantitative estimate of drug-likeness (QED) is 0.394. The fraction of sp³-hybridized carbons (Fsp3) is 0.520. The van der Waals surface area contributed by atoms with Crippen LogP contribution in [-0.4, -0.2) is 59.5 Å². The van der Waals surface area contributed by atoms with Gasteiger partial charge in [-0.05, 0) is 43.2 Å². The number of nitrogens with zero attached hydrogens (tertiary/aromatic N) is 2. The third kappa shape index (κ3) is 6.49.